The third kappa shape index (κ3) is 457. The molecule has 54 valence electrons. The van der Waals surface area contributed by atoms with E-state index in [1.807, 2.05) is 0 Å². The second-order valence-electron chi connectivity index (χ2n) is 0. The summed E-state index contributed by atoms with van der Waals surface area (Å²) in [7, 11) is 1.22. The number of hydrogen-bond donors (Lipinski definition) is 0. The third-order valence-electron chi connectivity index (χ3n) is 0. The molecule has 0 N–H and O–H groups in total. The first-order chi connectivity index (χ1) is 2.00. The SMILES string of the molecule is O=[SiH2].O=[SiH2].[Cr+3].[Cr+3].[O-2].[O-2].[O-2]. The van der Waals surface area contributed by atoms with Gasteiger partial charge in [0.1, 0.15) is 0 Å². The van der Waals surface area contributed by atoms with Gasteiger partial charge >= 0.3 is 34.7 Å². The minimum absolute atomic E-state index is 0. The summed E-state index contributed by atoms with van der Waals surface area (Å²) < 4.78 is 16.6. The molecule has 0 saturated carbocycles. The molecule has 9 heteroatoms. The molecule has 0 unspecified atom stereocenters. The normalized spacial score (nSPS) is 0.889. The van der Waals surface area contributed by atoms with E-state index in [-0.39, 0.29) is 51.2 Å². The van der Waals surface area contributed by atoms with E-state index in [0.717, 1.165) is 0 Å². The van der Waals surface area contributed by atoms with Crippen molar-refractivity contribution in [3.05, 3.63) is 0 Å². The molecule has 0 heterocycles. The number of hydrogen-bond acceptors (Lipinski definition) is 2. The average Bonchev–Trinajstić information content (AvgIpc) is 1.50. The Kier molecular flexibility index (Phi) is 6010. The first-order valence-corrected chi connectivity index (χ1v) is 1.73. The van der Waals surface area contributed by atoms with Crippen molar-refractivity contribution in [2.45, 2.75) is 0 Å². The van der Waals surface area contributed by atoms with Crippen LogP contribution in [-0.2, 0) is 60.1 Å². The first-order valence-electron chi connectivity index (χ1n) is 0.577. The van der Waals surface area contributed by atoms with Gasteiger partial charge in [0.05, 0.1) is 0 Å². The Bertz CT molecular complexity index is 14.9. The van der Waals surface area contributed by atoms with Crippen LogP contribution in [0.15, 0.2) is 0 Å². The van der Waals surface area contributed by atoms with Gasteiger partial charge in [-0.1, -0.05) is 0 Å². The van der Waals surface area contributed by atoms with Crippen LogP contribution in [0, 0.1) is 0 Å². The van der Waals surface area contributed by atoms with Crippen molar-refractivity contribution in [2.75, 3.05) is 0 Å². The molecule has 2 radical (unpaired) electrons. The van der Waals surface area contributed by atoms with Crippen LogP contribution in [0.4, 0.5) is 0 Å². The molecule has 5 nitrogen and oxygen atoms in total. The van der Waals surface area contributed by atoms with Crippen molar-refractivity contribution in [2.24, 2.45) is 0 Å². The van der Waals surface area contributed by atoms with E-state index in [9.17, 15) is 0 Å². The molecule has 0 aliphatic rings. The van der Waals surface area contributed by atoms with Crippen LogP contribution in [0.2, 0.25) is 0 Å². The van der Waals surface area contributed by atoms with Crippen LogP contribution in [0.1, 0.15) is 0 Å². The summed E-state index contributed by atoms with van der Waals surface area (Å²) in [5, 5.41) is 0. The zero-order valence-corrected chi connectivity index (χ0v) is 9.65. The predicted molar refractivity (Wildman–Crippen MR) is 20.5 cm³/mol. The molecule has 0 aromatic heterocycles. The minimum atomic E-state index is 0. The third-order valence-corrected chi connectivity index (χ3v) is 0. The van der Waals surface area contributed by atoms with Gasteiger partial charge < -0.3 is 25.4 Å². The zero-order valence-electron chi connectivity index (χ0n) is 4.27. The van der Waals surface area contributed by atoms with Gasteiger partial charge in [-0.05, 0) is 0 Å². The monoisotopic (exact) mass is 244 g/mol. The van der Waals surface area contributed by atoms with Gasteiger partial charge in [-0.25, -0.2) is 0 Å². The van der Waals surface area contributed by atoms with Gasteiger partial charge in [0.25, 0.3) is 0 Å². The van der Waals surface area contributed by atoms with Crippen LogP contribution in [0.25, 0.3) is 0 Å². The Labute approximate surface area is 80.4 Å². The minimum Gasteiger partial charge on any atom is -2.00 e. The molecule has 0 rings (SSSR count). The van der Waals surface area contributed by atoms with Crippen molar-refractivity contribution in [3.63, 3.8) is 0 Å². The van der Waals surface area contributed by atoms with Crippen LogP contribution in [0.5, 0.6) is 0 Å². The maximum Gasteiger partial charge on any atom is 3.00 e. The second-order valence-corrected chi connectivity index (χ2v) is 0. The van der Waals surface area contributed by atoms with Crippen LogP contribution >= 0.6 is 0 Å². The van der Waals surface area contributed by atoms with Gasteiger partial charge in [-0.2, -0.15) is 0 Å². The molecule has 0 bridgehead atoms. The van der Waals surface area contributed by atoms with Crippen LogP contribution in [0.3, 0.4) is 0 Å². The van der Waals surface area contributed by atoms with Gasteiger partial charge in [-0.15, -0.1) is 0 Å². The Balaban J connectivity index is -0.00000000114. The Morgan fingerprint density at radius 1 is 0.556 bits per heavy atom. The second kappa shape index (κ2) is 597. The van der Waals surface area contributed by atoms with Gasteiger partial charge in [0, 0.05) is 0 Å². The molecule has 0 aromatic rings. The molecule has 0 amide bonds. The summed E-state index contributed by atoms with van der Waals surface area (Å²) in [5.74, 6) is 0. The van der Waals surface area contributed by atoms with E-state index < -0.39 is 0 Å². The zero-order chi connectivity index (χ0) is 4.00. The Morgan fingerprint density at radius 3 is 0.556 bits per heavy atom. The molecule has 0 saturated heterocycles. The van der Waals surface area contributed by atoms with Crippen molar-refractivity contribution in [3.8, 4) is 0 Å². The summed E-state index contributed by atoms with van der Waals surface area (Å²) in [4.78, 5) is 0. The average molecular weight is 244 g/mol. The van der Waals surface area contributed by atoms with Crippen LogP contribution < -0.4 is 0 Å². The summed E-state index contributed by atoms with van der Waals surface area (Å²) in [6, 6.07) is 0. The molecule has 0 atom stereocenters. The largest absolute Gasteiger partial charge is 3.00 e. The molecule has 0 aliphatic heterocycles. The van der Waals surface area contributed by atoms with E-state index in [0.29, 0.717) is 20.3 Å². The molecular weight excluding hydrogens is 240 g/mol. The van der Waals surface area contributed by atoms with E-state index in [1.165, 1.54) is 0 Å². The van der Waals surface area contributed by atoms with Gasteiger partial charge in [0.2, 0.25) is 20.3 Å². The summed E-state index contributed by atoms with van der Waals surface area (Å²) in [6.45, 7) is 0. The smallest absolute Gasteiger partial charge is 2.00 e. The summed E-state index contributed by atoms with van der Waals surface area (Å²) in [5.41, 5.74) is 0. The quantitative estimate of drug-likeness (QED) is 0.440. The number of rotatable bonds is 0. The molecule has 0 aromatic carbocycles. The fourth-order valence-corrected chi connectivity index (χ4v) is 0. The Hall–Kier alpha value is 0.979. The molecule has 0 spiro atoms. The van der Waals surface area contributed by atoms with Crippen molar-refractivity contribution < 1.29 is 60.1 Å². The van der Waals surface area contributed by atoms with Gasteiger partial charge in [-0.3, -0.25) is 0 Å². The molecular formula is H4Cr2O5Si2. The van der Waals surface area contributed by atoms with Gasteiger partial charge in [0.15, 0.2) is 0 Å². The van der Waals surface area contributed by atoms with E-state index in [1.54, 1.807) is 0 Å². The molecule has 9 heavy (non-hydrogen) atoms. The molecule has 0 fully saturated rings. The standard InChI is InChI=1S/2Cr.2H2OSi.3O/c;;2*1-2;;;/h;;2*2H2;;;/q2*+3;;;3*-2. The maximum absolute atomic E-state index is 8.28. The van der Waals surface area contributed by atoms with Crippen LogP contribution in [-0.4, -0.2) is 20.3 Å². The van der Waals surface area contributed by atoms with Crippen molar-refractivity contribution >= 4 is 20.3 Å². The van der Waals surface area contributed by atoms with E-state index >= 15 is 0 Å². The summed E-state index contributed by atoms with van der Waals surface area (Å²) in [6.07, 6.45) is 0. The first kappa shape index (κ1) is 90.7. The molecule has 0 aliphatic carbocycles. The fourth-order valence-electron chi connectivity index (χ4n) is 0. The van der Waals surface area contributed by atoms with Crippen molar-refractivity contribution in [1.29, 1.82) is 0 Å². The van der Waals surface area contributed by atoms with E-state index in [2.05, 4.69) is 0 Å². The predicted octanol–water partition coefficient (Wildman–Crippen LogP) is -2.43. The summed E-state index contributed by atoms with van der Waals surface area (Å²) >= 11 is 0. The van der Waals surface area contributed by atoms with Crippen molar-refractivity contribution in [1.82, 2.24) is 0 Å². The Morgan fingerprint density at radius 2 is 0.556 bits per heavy atom. The topological polar surface area (TPSA) is 120 Å². The fraction of sp³-hybridized carbons (Fsp3) is 0. The van der Waals surface area contributed by atoms with E-state index in [4.69, 9.17) is 8.92 Å². The maximum atomic E-state index is 8.28.